The Morgan fingerprint density at radius 1 is 1.43 bits per heavy atom. The maximum atomic E-state index is 12.5. The number of rotatable bonds is 3. The summed E-state index contributed by atoms with van der Waals surface area (Å²) in [7, 11) is 0. The summed E-state index contributed by atoms with van der Waals surface area (Å²) in [5.74, 6) is -2.01. The standard InChI is InChI=1S/C13H12BrClN2O4/c14-8-3-7(4-9(15)5-8)13(21)17-2-1-16-12(20)10(17)6-11(18)19/h3-5,10H,1-2,6H2,(H,16,20)(H,18,19). The van der Waals surface area contributed by atoms with Crippen molar-refractivity contribution < 1.29 is 19.5 Å². The van der Waals surface area contributed by atoms with E-state index in [4.69, 9.17) is 16.7 Å². The molecule has 0 aromatic heterocycles. The molecule has 1 aromatic rings. The van der Waals surface area contributed by atoms with Gasteiger partial charge in [-0.1, -0.05) is 27.5 Å². The highest BCUT2D eigenvalue weighted by atomic mass is 79.9. The van der Waals surface area contributed by atoms with E-state index in [-0.39, 0.29) is 6.54 Å². The topological polar surface area (TPSA) is 86.7 Å². The number of aliphatic carboxylic acids is 1. The Balaban J connectivity index is 2.30. The van der Waals surface area contributed by atoms with Crippen molar-refractivity contribution in [3.63, 3.8) is 0 Å². The Morgan fingerprint density at radius 2 is 2.14 bits per heavy atom. The number of nitrogens with one attached hydrogen (secondary N) is 1. The lowest BCUT2D eigenvalue weighted by molar-refractivity contribution is -0.142. The quantitative estimate of drug-likeness (QED) is 0.838. The summed E-state index contributed by atoms with van der Waals surface area (Å²) in [6, 6.07) is 3.69. The van der Waals surface area contributed by atoms with Gasteiger partial charge in [0.1, 0.15) is 6.04 Å². The van der Waals surface area contributed by atoms with E-state index in [1.165, 1.54) is 11.0 Å². The number of piperazine rings is 1. The van der Waals surface area contributed by atoms with Gasteiger partial charge in [-0.2, -0.15) is 0 Å². The Hall–Kier alpha value is -1.60. The molecule has 2 amide bonds. The summed E-state index contributed by atoms with van der Waals surface area (Å²) < 4.78 is 0.634. The summed E-state index contributed by atoms with van der Waals surface area (Å²) in [6.07, 6.45) is -0.431. The van der Waals surface area contributed by atoms with Crippen LogP contribution in [0.4, 0.5) is 0 Å². The highest BCUT2D eigenvalue weighted by Crippen LogP contribution is 2.22. The van der Waals surface area contributed by atoms with Gasteiger partial charge in [-0.25, -0.2) is 0 Å². The summed E-state index contributed by atoms with van der Waals surface area (Å²) in [5, 5.41) is 11.8. The highest BCUT2D eigenvalue weighted by molar-refractivity contribution is 9.10. The lowest BCUT2D eigenvalue weighted by Crippen LogP contribution is -2.57. The van der Waals surface area contributed by atoms with Gasteiger partial charge in [0.15, 0.2) is 0 Å². The van der Waals surface area contributed by atoms with Crippen LogP contribution < -0.4 is 5.32 Å². The third-order valence-electron chi connectivity index (χ3n) is 3.07. The fraction of sp³-hybridized carbons (Fsp3) is 0.308. The van der Waals surface area contributed by atoms with Crippen molar-refractivity contribution in [1.82, 2.24) is 10.2 Å². The molecule has 0 radical (unpaired) electrons. The molecule has 112 valence electrons. The number of amides is 2. The lowest BCUT2D eigenvalue weighted by Gasteiger charge is -2.34. The van der Waals surface area contributed by atoms with Gasteiger partial charge in [-0.05, 0) is 18.2 Å². The summed E-state index contributed by atoms with van der Waals surface area (Å²) >= 11 is 9.15. The van der Waals surface area contributed by atoms with E-state index in [2.05, 4.69) is 21.2 Å². The van der Waals surface area contributed by atoms with Crippen molar-refractivity contribution in [2.75, 3.05) is 13.1 Å². The van der Waals surface area contributed by atoms with Crippen LogP contribution in [0.15, 0.2) is 22.7 Å². The maximum Gasteiger partial charge on any atom is 0.305 e. The van der Waals surface area contributed by atoms with Crippen LogP contribution in [-0.2, 0) is 9.59 Å². The molecule has 0 spiro atoms. The minimum Gasteiger partial charge on any atom is -0.481 e. The molecule has 0 saturated carbocycles. The molecule has 1 aliphatic rings. The molecule has 1 heterocycles. The summed E-state index contributed by atoms with van der Waals surface area (Å²) in [6.45, 7) is 0.551. The van der Waals surface area contributed by atoms with Gasteiger partial charge in [0.25, 0.3) is 5.91 Å². The molecule has 8 heteroatoms. The lowest BCUT2D eigenvalue weighted by atomic mass is 10.1. The average Bonchev–Trinajstić information content (AvgIpc) is 2.38. The molecule has 1 unspecified atom stereocenters. The Bertz CT molecular complexity index is 588. The van der Waals surface area contributed by atoms with Crippen LogP contribution in [-0.4, -0.2) is 46.9 Å². The first-order valence-corrected chi connectivity index (χ1v) is 7.32. The molecular formula is C13H12BrClN2O4. The maximum absolute atomic E-state index is 12.5. The molecule has 2 N–H and O–H groups in total. The van der Waals surface area contributed by atoms with E-state index in [1.807, 2.05) is 0 Å². The van der Waals surface area contributed by atoms with E-state index in [1.54, 1.807) is 12.1 Å². The predicted octanol–water partition coefficient (Wildman–Crippen LogP) is 1.52. The number of carbonyl (C=O) groups is 3. The molecule has 0 bridgehead atoms. The Kier molecular flexibility index (Phi) is 4.84. The van der Waals surface area contributed by atoms with Crippen LogP contribution in [0.1, 0.15) is 16.8 Å². The van der Waals surface area contributed by atoms with Gasteiger partial charge in [0.05, 0.1) is 6.42 Å². The van der Waals surface area contributed by atoms with Gasteiger partial charge in [-0.3, -0.25) is 14.4 Å². The molecule has 1 atom stereocenters. The zero-order valence-corrected chi connectivity index (χ0v) is 13.1. The molecule has 2 rings (SSSR count). The second-order valence-electron chi connectivity index (χ2n) is 4.56. The normalized spacial score (nSPS) is 18.3. The zero-order valence-electron chi connectivity index (χ0n) is 10.8. The van der Waals surface area contributed by atoms with E-state index in [9.17, 15) is 14.4 Å². The van der Waals surface area contributed by atoms with E-state index >= 15 is 0 Å². The van der Waals surface area contributed by atoms with Crippen molar-refractivity contribution >= 4 is 45.3 Å². The number of carbonyl (C=O) groups excluding carboxylic acids is 2. The van der Waals surface area contributed by atoms with Crippen LogP contribution in [0.25, 0.3) is 0 Å². The SMILES string of the molecule is O=C(O)CC1C(=O)NCCN1C(=O)c1cc(Cl)cc(Br)c1. The molecule has 1 saturated heterocycles. The second kappa shape index (κ2) is 6.44. The average molecular weight is 376 g/mol. The van der Waals surface area contributed by atoms with Gasteiger partial charge in [-0.15, -0.1) is 0 Å². The minimum atomic E-state index is -1.14. The van der Waals surface area contributed by atoms with Gasteiger partial charge >= 0.3 is 5.97 Å². The number of hydrogen-bond acceptors (Lipinski definition) is 3. The fourth-order valence-electron chi connectivity index (χ4n) is 2.17. The van der Waals surface area contributed by atoms with Crippen molar-refractivity contribution in [3.05, 3.63) is 33.3 Å². The zero-order chi connectivity index (χ0) is 15.6. The predicted molar refractivity (Wildman–Crippen MR) is 79.2 cm³/mol. The molecule has 1 aliphatic heterocycles. The van der Waals surface area contributed by atoms with Crippen LogP contribution in [0.2, 0.25) is 5.02 Å². The Labute approximate surface area is 134 Å². The molecular weight excluding hydrogens is 364 g/mol. The molecule has 21 heavy (non-hydrogen) atoms. The van der Waals surface area contributed by atoms with E-state index in [0.29, 0.717) is 21.6 Å². The molecule has 0 aliphatic carbocycles. The number of nitrogens with zero attached hydrogens (tertiary/aromatic N) is 1. The number of carboxylic acids is 1. The smallest absolute Gasteiger partial charge is 0.305 e. The number of halogens is 2. The van der Waals surface area contributed by atoms with Crippen molar-refractivity contribution in [2.45, 2.75) is 12.5 Å². The van der Waals surface area contributed by atoms with Crippen molar-refractivity contribution in [3.8, 4) is 0 Å². The van der Waals surface area contributed by atoms with Crippen molar-refractivity contribution in [1.29, 1.82) is 0 Å². The highest BCUT2D eigenvalue weighted by Gasteiger charge is 2.35. The largest absolute Gasteiger partial charge is 0.481 e. The van der Waals surface area contributed by atoms with Crippen LogP contribution in [0.5, 0.6) is 0 Å². The number of benzene rings is 1. The first kappa shape index (κ1) is 15.8. The fourth-order valence-corrected chi connectivity index (χ4v) is 3.03. The van der Waals surface area contributed by atoms with Gasteiger partial charge in [0, 0.05) is 28.1 Å². The Morgan fingerprint density at radius 3 is 2.76 bits per heavy atom. The van der Waals surface area contributed by atoms with Gasteiger partial charge in [0.2, 0.25) is 5.91 Å². The molecule has 1 aromatic carbocycles. The van der Waals surface area contributed by atoms with Crippen LogP contribution >= 0.6 is 27.5 Å². The second-order valence-corrected chi connectivity index (χ2v) is 5.91. The van der Waals surface area contributed by atoms with E-state index < -0.39 is 30.2 Å². The number of hydrogen-bond donors (Lipinski definition) is 2. The summed E-state index contributed by atoms with van der Waals surface area (Å²) in [5.41, 5.74) is 0.305. The van der Waals surface area contributed by atoms with Crippen molar-refractivity contribution in [2.24, 2.45) is 0 Å². The van der Waals surface area contributed by atoms with Crippen LogP contribution in [0.3, 0.4) is 0 Å². The van der Waals surface area contributed by atoms with E-state index in [0.717, 1.165) is 0 Å². The number of carboxylic acid groups (broad SMARTS) is 1. The summed E-state index contributed by atoms with van der Waals surface area (Å²) in [4.78, 5) is 36.5. The minimum absolute atomic E-state index is 0.257. The van der Waals surface area contributed by atoms with Crippen LogP contribution in [0, 0.1) is 0 Å². The first-order chi connectivity index (χ1) is 9.88. The molecule has 6 nitrogen and oxygen atoms in total. The first-order valence-electron chi connectivity index (χ1n) is 6.15. The monoisotopic (exact) mass is 374 g/mol. The third-order valence-corrected chi connectivity index (χ3v) is 3.75. The third kappa shape index (κ3) is 3.74. The van der Waals surface area contributed by atoms with Gasteiger partial charge < -0.3 is 15.3 Å². The molecule has 1 fully saturated rings.